The third-order valence-corrected chi connectivity index (χ3v) is 4.83. The van der Waals surface area contributed by atoms with Gasteiger partial charge in [0.05, 0.1) is 5.92 Å². The Morgan fingerprint density at radius 3 is 3.04 bits per heavy atom. The molecule has 0 spiro atoms. The molecule has 124 valence electrons. The summed E-state index contributed by atoms with van der Waals surface area (Å²) < 4.78 is 9.94. The maximum Gasteiger partial charge on any atom is 0.323 e. The van der Waals surface area contributed by atoms with Crippen molar-refractivity contribution in [2.45, 2.75) is 25.7 Å². The molecule has 7 nitrogen and oxygen atoms in total. The predicted molar refractivity (Wildman–Crippen MR) is 91.2 cm³/mol. The van der Waals surface area contributed by atoms with E-state index >= 15 is 0 Å². The molecule has 0 unspecified atom stereocenters. The first kappa shape index (κ1) is 15.1. The van der Waals surface area contributed by atoms with E-state index in [2.05, 4.69) is 19.7 Å². The number of aromatic nitrogens is 3. The van der Waals surface area contributed by atoms with Crippen molar-refractivity contribution < 1.29 is 9.21 Å². The van der Waals surface area contributed by atoms with Crippen molar-refractivity contribution in [3.63, 3.8) is 0 Å². The van der Waals surface area contributed by atoms with Crippen molar-refractivity contribution in [2.75, 3.05) is 18.4 Å². The SMILES string of the molecule is Cc1nsc(NC(=O)N2CCC[C@@H](c3nc4ccccc4o3)C2)n1. The van der Waals surface area contributed by atoms with Gasteiger partial charge in [-0.05, 0) is 31.9 Å². The fourth-order valence-corrected chi connectivity index (χ4v) is 3.51. The number of aryl methyl sites for hydroxylation is 1. The molecule has 1 aliphatic heterocycles. The van der Waals surface area contributed by atoms with E-state index in [0.29, 0.717) is 23.4 Å². The van der Waals surface area contributed by atoms with E-state index in [-0.39, 0.29) is 11.9 Å². The van der Waals surface area contributed by atoms with Crippen LogP contribution in [0.15, 0.2) is 28.7 Å². The number of anilines is 1. The standard InChI is InChI=1S/C16H17N5O2S/c1-10-17-15(24-20-10)19-16(22)21-8-4-5-11(9-21)14-18-12-6-2-3-7-13(12)23-14/h2-3,6-7,11H,4-5,8-9H2,1H3,(H,17,19,20,22)/t11-/m1/s1. The summed E-state index contributed by atoms with van der Waals surface area (Å²) in [6.45, 7) is 3.12. The summed E-state index contributed by atoms with van der Waals surface area (Å²) in [5.41, 5.74) is 1.65. The van der Waals surface area contributed by atoms with E-state index in [1.807, 2.05) is 24.3 Å². The summed E-state index contributed by atoms with van der Waals surface area (Å²) in [4.78, 5) is 23.0. The molecule has 3 heterocycles. The summed E-state index contributed by atoms with van der Waals surface area (Å²) in [7, 11) is 0. The highest BCUT2D eigenvalue weighted by molar-refractivity contribution is 7.09. The van der Waals surface area contributed by atoms with E-state index < -0.39 is 0 Å². The Hall–Kier alpha value is -2.48. The molecule has 1 N–H and O–H groups in total. The lowest BCUT2D eigenvalue weighted by Gasteiger charge is -2.30. The molecule has 1 fully saturated rings. The van der Waals surface area contributed by atoms with E-state index in [1.54, 1.807) is 11.8 Å². The quantitative estimate of drug-likeness (QED) is 0.771. The molecule has 1 aromatic carbocycles. The van der Waals surface area contributed by atoms with Gasteiger partial charge in [-0.25, -0.2) is 14.8 Å². The van der Waals surface area contributed by atoms with Gasteiger partial charge in [0.2, 0.25) is 5.13 Å². The van der Waals surface area contributed by atoms with Gasteiger partial charge in [0.15, 0.2) is 11.5 Å². The number of rotatable bonds is 2. The highest BCUT2D eigenvalue weighted by Gasteiger charge is 2.28. The number of carbonyl (C=O) groups is 1. The van der Waals surface area contributed by atoms with Crippen LogP contribution in [0.3, 0.4) is 0 Å². The smallest absolute Gasteiger partial charge is 0.323 e. The number of urea groups is 1. The van der Waals surface area contributed by atoms with Crippen LogP contribution in [-0.2, 0) is 0 Å². The maximum atomic E-state index is 12.4. The number of benzene rings is 1. The summed E-state index contributed by atoms with van der Waals surface area (Å²) in [6.07, 6.45) is 1.89. The molecule has 3 aromatic rings. The summed E-state index contributed by atoms with van der Waals surface area (Å²) >= 11 is 1.19. The van der Waals surface area contributed by atoms with Crippen molar-refractivity contribution in [1.82, 2.24) is 19.2 Å². The normalized spacial score (nSPS) is 18.0. The van der Waals surface area contributed by atoms with Crippen LogP contribution >= 0.6 is 11.5 Å². The summed E-state index contributed by atoms with van der Waals surface area (Å²) in [5, 5.41) is 3.34. The third kappa shape index (κ3) is 2.96. The first-order valence-electron chi connectivity index (χ1n) is 7.91. The molecule has 8 heteroatoms. The maximum absolute atomic E-state index is 12.4. The van der Waals surface area contributed by atoms with Gasteiger partial charge in [0.1, 0.15) is 11.3 Å². The van der Waals surface area contributed by atoms with Crippen molar-refractivity contribution >= 4 is 33.8 Å². The third-order valence-electron chi connectivity index (χ3n) is 4.11. The second-order valence-corrected chi connectivity index (χ2v) is 6.63. The van der Waals surface area contributed by atoms with Gasteiger partial charge < -0.3 is 9.32 Å². The molecular formula is C16H17N5O2S. The van der Waals surface area contributed by atoms with Crippen LogP contribution < -0.4 is 5.32 Å². The van der Waals surface area contributed by atoms with E-state index in [4.69, 9.17) is 4.42 Å². The highest BCUT2D eigenvalue weighted by atomic mass is 32.1. The lowest BCUT2D eigenvalue weighted by molar-refractivity contribution is 0.187. The Kier molecular flexibility index (Phi) is 3.89. The summed E-state index contributed by atoms with van der Waals surface area (Å²) in [6, 6.07) is 7.58. The van der Waals surface area contributed by atoms with Crippen LogP contribution in [0.1, 0.15) is 30.5 Å². The Morgan fingerprint density at radius 2 is 2.25 bits per heavy atom. The molecule has 24 heavy (non-hydrogen) atoms. The molecule has 0 saturated carbocycles. The van der Waals surface area contributed by atoms with Gasteiger partial charge in [0, 0.05) is 24.6 Å². The molecule has 0 radical (unpaired) electrons. The van der Waals surface area contributed by atoms with E-state index in [0.717, 1.165) is 30.5 Å². The minimum atomic E-state index is -0.146. The first-order valence-corrected chi connectivity index (χ1v) is 8.68. The Morgan fingerprint density at radius 1 is 1.38 bits per heavy atom. The summed E-state index contributed by atoms with van der Waals surface area (Å²) in [5.74, 6) is 1.49. The first-order chi connectivity index (χ1) is 11.7. The van der Waals surface area contributed by atoms with Gasteiger partial charge in [-0.3, -0.25) is 5.32 Å². The number of likely N-dealkylation sites (tertiary alicyclic amines) is 1. The average Bonchev–Trinajstić information content (AvgIpc) is 3.21. The van der Waals surface area contributed by atoms with Crippen molar-refractivity contribution in [3.05, 3.63) is 36.0 Å². The zero-order valence-electron chi connectivity index (χ0n) is 13.2. The molecule has 1 saturated heterocycles. The van der Waals surface area contributed by atoms with E-state index in [9.17, 15) is 4.79 Å². The molecule has 0 aliphatic carbocycles. The van der Waals surface area contributed by atoms with Gasteiger partial charge in [-0.1, -0.05) is 12.1 Å². The number of oxazole rings is 1. The molecule has 2 amide bonds. The number of hydrogen-bond donors (Lipinski definition) is 1. The number of nitrogens with one attached hydrogen (secondary N) is 1. The molecule has 1 atom stereocenters. The topological polar surface area (TPSA) is 84.2 Å². The average molecular weight is 343 g/mol. The number of carbonyl (C=O) groups excluding carboxylic acids is 1. The predicted octanol–water partition coefficient (Wildman–Crippen LogP) is 3.40. The van der Waals surface area contributed by atoms with Crippen LogP contribution in [0.2, 0.25) is 0 Å². The number of nitrogens with zero attached hydrogens (tertiary/aromatic N) is 4. The van der Waals surface area contributed by atoms with Crippen LogP contribution in [0.25, 0.3) is 11.1 Å². The largest absolute Gasteiger partial charge is 0.440 e. The lowest BCUT2D eigenvalue weighted by Crippen LogP contribution is -2.41. The van der Waals surface area contributed by atoms with Crippen LogP contribution in [-0.4, -0.2) is 38.4 Å². The molecular weight excluding hydrogens is 326 g/mol. The van der Waals surface area contributed by atoms with Gasteiger partial charge >= 0.3 is 6.03 Å². The van der Waals surface area contributed by atoms with E-state index in [1.165, 1.54) is 11.5 Å². The van der Waals surface area contributed by atoms with Crippen LogP contribution in [0.5, 0.6) is 0 Å². The Bertz CT molecular complexity index is 841. The minimum absolute atomic E-state index is 0.119. The number of hydrogen-bond acceptors (Lipinski definition) is 6. The second kappa shape index (κ2) is 6.20. The number of para-hydroxylation sites is 2. The lowest BCUT2D eigenvalue weighted by atomic mass is 9.98. The Labute approximate surface area is 142 Å². The molecule has 4 rings (SSSR count). The molecule has 2 aromatic heterocycles. The van der Waals surface area contributed by atoms with Gasteiger partial charge in [-0.15, -0.1) is 0 Å². The zero-order valence-corrected chi connectivity index (χ0v) is 14.0. The monoisotopic (exact) mass is 343 g/mol. The minimum Gasteiger partial charge on any atom is -0.440 e. The van der Waals surface area contributed by atoms with Crippen molar-refractivity contribution in [1.29, 1.82) is 0 Å². The van der Waals surface area contributed by atoms with Crippen LogP contribution in [0.4, 0.5) is 9.93 Å². The van der Waals surface area contributed by atoms with Crippen molar-refractivity contribution in [3.8, 4) is 0 Å². The van der Waals surface area contributed by atoms with Gasteiger partial charge in [0.25, 0.3) is 0 Å². The Balaban J connectivity index is 1.47. The highest BCUT2D eigenvalue weighted by Crippen LogP contribution is 2.29. The van der Waals surface area contributed by atoms with Gasteiger partial charge in [-0.2, -0.15) is 4.37 Å². The zero-order chi connectivity index (χ0) is 16.5. The number of fused-ring (bicyclic) bond motifs is 1. The fourth-order valence-electron chi connectivity index (χ4n) is 2.95. The second-order valence-electron chi connectivity index (χ2n) is 5.88. The molecule has 1 aliphatic rings. The van der Waals surface area contributed by atoms with Crippen molar-refractivity contribution in [2.24, 2.45) is 0 Å². The fraction of sp³-hybridized carbons (Fsp3) is 0.375. The number of piperidine rings is 1. The molecule has 0 bridgehead atoms. The number of amides is 2. The van der Waals surface area contributed by atoms with Crippen LogP contribution in [0, 0.1) is 6.92 Å².